The summed E-state index contributed by atoms with van der Waals surface area (Å²) >= 11 is 0. The van der Waals surface area contributed by atoms with Gasteiger partial charge in [-0.15, -0.1) is 0 Å². The van der Waals surface area contributed by atoms with E-state index in [9.17, 15) is 0 Å². The summed E-state index contributed by atoms with van der Waals surface area (Å²) in [6.07, 6.45) is 20.3. The van der Waals surface area contributed by atoms with Gasteiger partial charge in [-0.1, -0.05) is 70.4 Å². The highest BCUT2D eigenvalue weighted by molar-refractivity contribution is 5.33. The van der Waals surface area contributed by atoms with Crippen molar-refractivity contribution in [3.8, 4) is 6.07 Å². The maximum absolute atomic E-state index is 8.97. The van der Waals surface area contributed by atoms with Crippen molar-refractivity contribution in [1.82, 2.24) is 0 Å². The smallest absolute Gasteiger partial charge is 0.0991 e. The van der Waals surface area contributed by atoms with Crippen LogP contribution in [0.1, 0.15) is 114 Å². The van der Waals surface area contributed by atoms with Crippen molar-refractivity contribution in [2.75, 3.05) is 0 Å². The molecule has 0 radical (unpaired) electrons. The maximum atomic E-state index is 8.97. The highest BCUT2D eigenvalue weighted by Gasteiger charge is 2.31. The third-order valence-electron chi connectivity index (χ3n) is 7.56. The second kappa shape index (κ2) is 10.9. The molecule has 2 aliphatic carbocycles. The Balaban J connectivity index is 1.35. The summed E-state index contributed by atoms with van der Waals surface area (Å²) in [5.74, 6) is 3.78. The molecule has 1 aromatic carbocycles. The zero-order valence-electron chi connectivity index (χ0n) is 17.5. The molecule has 2 aliphatic rings. The first-order valence-corrected chi connectivity index (χ1v) is 11.8. The van der Waals surface area contributed by atoms with Crippen LogP contribution >= 0.6 is 0 Å². The number of hydrogen-bond donors (Lipinski definition) is 0. The zero-order valence-corrected chi connectivity index (χ0v) is 17.5. The average molecular weight is 366 g/mol. The molecule has 0 amide bonds. The molecule has 2 fully saturated rings. The molecule has 3 rings (SSSR count). The second-order valence-electron chi connectivity index (χ2n) is 9.33. The molecule has 0 spiro atoms. The number of rotatable bonds is 8. The lowest BCUT2D eigenvalue weighted by Gasteiger charge is -2.38. The minimum absolute atomic E-state index is 0.730. The molecule has 2 saturated carbocycles. The number of nitrogens with zero attached hydrogens (tertiary/aromatic N) is 1. The molecular weight excluding hydrogens is 326 g/mol. The number of hydrogen-bond acceptors (Lipinski definition) is 1. The molecule has 148 valence electrons. The Bertz CT molecular complexity index is 565. The van der Waals surface area contributed by atoms with Gasteiger partial charge in [0, 0.05) is 0 Å². The molecule has 1 aromatic rings. The first-order chi connectivity index (χ1) is 13.3. The lowest BCUT2D eigenvalue weighted by atomic mass is 9.68. The van der Waals surface area contributed by atoms with Gasteiger partial charge in [0.25, 0.3) is 0 Å². The fraction of sp³-hybridized carbons (Fsp3) is 0.731. The molecule has 0 N–H and O–H groups in total. The van der Waals surface area contributed by atoms with E-state index in [4.69, 9.17) is 5.26 Å². The summed E-state index contributed by atoms with van der Waals surface area (Å²) in [5, 5.41) is 8.97. The molecule has 0 bridgehead atoms. The van der Waals surface area contributed by atoms with Crippen LogP contribution in [0.2, 0.25) is 0 Å². The first kappa shape index (κ1) is 20.4. The van der Waals surface area contributed by atoms with E-state index in [-0.39, 0.29) is 0 Å². The molecule has 0 atom stereocenters. The standard InChI is InChI=1S/C26H39N/c1-2-3-4-5-6-7-21-8-12-23(13-9-21)25-16-18-26(19-17-25)24-14-10-22(20-27)11-15-24/h10-11,14-15,21,23,25-26H,2-9,12-13,16-19H2,1H3/t21-,23-,25-,26-. The summed E-state index contributed by atoms with van der Waals surface area (Å²) in [6, 6.07) is 10.6. The predicted octanol–water partition coefficient (Wildman–Crippen LogP) is 8.00. The quantitative estimate of drug-likeness (QED) is 0.428. The van der Waals surface area contributed by atoms with Crippen LogP contribution in [-0.2, 0) is 0 Å². The zero-order chi connectivity index (χ0) is 18.9. The largest absolute Gasteiger partial charge is 0.192 e. The van der Waals surface area contributed by atoms with E-state index >= 15 is 0 Å². The van der Waals surface area contributed by atoms with Gasteiger partial charge >= 0.3 is 0 Å². The average Bonchev–Trinajstić information content (AvgIpc) is 2.74. The summed E-state index contributed by atoms with van der Waals surface area (Å²) in [4.78, 5) is 0. The van der Waals surface area contributed by atoms with Gasteiger partial charge in [0.05, 0.1) is 11.6 Å². The van der Waals surface area contributed by atoms with Crippen molar-refractivity contribution in [2.24, 2.45) is 17.8 Å². The van der Waals surface area contributed by atoms with Crippen LogP contribution in [0, 0.1) is 29.1 Å². The van der Waals surface area contributed by atoms with Crippen molar-refractivity contribution in [3.05, 3.63) is 35.4 Å². The monoisotopic (exact) mass is 365 g/mol. The molecule has 0 heterocycles. The van der Waals surface area contributed by atoms with E-state index in [1.807, 2.05) is 12.1 Å². The second-order valence-corrected chi connectivity index (χ2v) is 9.33. The number of benzene rings is 1. The van der Waals surface area contributed by atoms with E-state index in [2.05, 4.69) is 25.1 Å². The Labute approximate surface area is 167 Å². The van der Waals surface area contributed by atoms with Crippen molar-refractivity contribution in [3.63, 3.8) is 0 Å². The SMILES string of the molecule is CCCCCCC[C@H]1CC[C@H]([C@H]2CC[C@H](c3ccc(C#N)cc3)CC2)CC1. The number of unbranched alkanes of at least 4 members (excludes halogenated alkanes) is 4. The van der Waals surface area contributed by atoms with Gasteiger partial charge in [-0.2, -0.15) is 5.26 Å². The molecule has 0 aromatic heterocycles. The molecule has 1 heteroatoms. The van der Waals surface area contributed by atoms with Gasteiger partial charge in [0.2, 0.25) is 0 Å². The number of nitriles is 1. The van der Waals surface area contributed by atoms with Crippen molar-refractivity contribution < 1.29 is 0 Å². The van der Waals surface area contributed by atoms with Crippen LogP contribution in [0.5, 0.6) is 0 Å². The lowest BCUT2D eigenvalue weighted by Crippen LogP contribution is -2.25. The minimum atomic E-state index is 0.730. The van der Waals surface area contributed by atoms with Gasteiger partial charge in [-0.25, -0.2) is 0 Å². The van der Waals surface area contributed by atoms with Gasteiger partial charge in [0.1, 0.15) is 0 Å². The third kappa shape index (κ3) is 6.10. The van der Waals surface area contributed by atoms with Crippen molar-refractivity contribution >= 4 is 0 Å². The van der Waals surface area contributed by atoms with Crippen LogP contribution in [0.3, 0.4) is 0 Å². The normalized spacial score (nSPS) is 28.6. The van der Waals surface area contributed by atoms with E-state index in [0.29, 0.717) is 0 Å². The molecule has 0 unspecified atom stereocenters. The Morgan fingerprint density at radius 1 is 0.778 bits per heavy atom. The van der Waals surface area contributed by atoms with Gasteiger partial charge in [-0.3, -0.25) is 0 Å². The van der Waals surface area contributed by atoms with Crippen LogP contribution in [0.4, 0.5) is 0 Å². The summed E-state index contributed by atoms with van der Waals surface area (Å²) < 4.78 is 0. The third-order valence-corrected chi connectivity index (χ3v) is 7.56. The van der Waals surface area contributed by atoms with Crippen LogP contribution in [0.25, 0.3) is 0 Å². The first-order valence-electron chi connectivity index (χ1n) is 11.8. The van der Waals surface area contributed by atoms with E-state index in [0.717, 1.165) is 29.2 Å². The van der Waals surface area contributed by atoms with Crippen molar-refractivity contribution in [2.45, 2.75) is 103 Å². The van der Waals surface area contributed by atoms with E-state index in [1.54, 1.807) is 0 Å². The Morgan fingerprint density at radius 2 is 1.37 bits per heavy atom. The van der Waals surface area contributed by atoms with Crippen molar-refractivity contribution in [1.29, 1.82) is 5.26 Å². The summed E-state index contributed by atoms with van der Waals surface area (Å²) in [5.41, 5.74) is 2.24. The maximum Gasteiger partial charge on any atom is 0.0991 e. The van der Waals surface area contributed by atoms with E-state index in [1.165, 1.54) is 95.5 Å². The summed E-state index contributed by atoms with van der Waals surface area (Å²) in [7, 11) is 0. The van der Waals surface area contributed by atoms with Crippen LogP contribution in [0.15, 0.2) is 24.3 Å². The Morgan fingerprint density at radius 3 is 1.96 bits per heavy atom. The Hall–Kier alpha value is -1.29. The predicted molar refractivity (Wildman–Crippen MR) is 115 cm³/mol. The Kier molecular flexibility index (Phi) is 8.25. The minimum Gasteiger partial charge on any atom is -0.192 e. The van der Waals surface area contributed by atoms with E-state index < -0.39 is 0 Å². The molecule has 27 heavy (non-hydrogen) atoms. The van der Waals surface area contributed by atoms with Crippen LogP contribution < -0.4 is 0 Å². The topological polar surface area (TPSA) is 23.8 Å². The molecule has 1 nitrogen and oxygen atoms in total. The molecule has 0 saturated heterocycles. The summed E-state index contributed by atoms with van der Waals surface area (Å²) in [6.45, 7) is 2.30. The van der Waals surface area contributed by atoms with Gasteiger partial charge in [-0.05, 0) is 79.9 Å². The lowest BCUT2D eigenvalue weighted by molar-refractivity contribution is 0.155. The fourth-order valence-electron chi connectivity index (χ4n) is 5.74. The molecular formula is C26H39N. The highest BCUT2D eigenvalue weighted by atomic mass is 14.4. The van der Waals surface area contributed by atoms with Gasteiger partial charge < -0.3 is 0 Å². The molecule has 0 aliphatic heterocycles. The van der Waals surface area contributed by atoms with Gasteiger partial charge in [0.15, 0.2) is 0 Å². The highest BCUT2D eigenvalue weighted by Crippen LogP contribution is 2.44. The fourth-order valence-corrected chi connectivity index (χ4v) is 5.74. The van der Waals surface area contributed by atoms with Crippen LogP contribution in [-0.4, -0.2) is 0 Å².